The Morgan fingerprint density at radius 2 is 1.53 bits per heavy atom. The van der Waals surface area contributed by atoms with Crippen LogP contribution in [-0.4, -0.2) is 44.3 Å². The Labute approximate surface area is 108 Å². The number of ether oxygens (including phenoxy) is 1. The van der Waals surface area contributed by atoms with Gasteiger partial charge in [0.2, 0.25) is 0 Å². The van der Waals surface area contributed by atoms with Gasteiger partial charge in [-0.05, 0) is 24.7 Å². The Morgan fingerprint density at radius 1 is 1.00 bits per heavy atom. The third-order valence-corrected chi connectivity index (χ3v) is 2.66. The summed E-state index contributed by atoms with van der Waals surface area (Å²) in [5.41, 5.74) is 6.17. The normalized spacial score (nSPS) is 13.9. The number of nitrogens with two attached hydrogens (primary N) is 1. The quantitative estimate of drug-likeness (QED) is 0.600. The maximum atomic E-state index is 6.17. The number of methoxy groups -OCH3 is 1. The standard InChI is InChI=1S/C14H32N2O/c1-12(2)9-16(10-13(3)4)11-14(15)7-6-8-17-5/h12-14H,6-11,15H2,1-5H3. The fourth-order valence-corrected chi connectivity index (χ4v) is 2.17. The van der Waals surface area contributed by atoms with Gasteiger partial charge in [-0.2, -0.15) is 0 Å². The minimum absolute atomic E-state index is 0.280. The van der Waals surface area contributed by atoms with Crippen LogP contribution in [0.25, 0.3) is 0 Å². The van der Waals surface area contributed by atoms with E-state index in [1.807, 2.05) is 0 Å². The van der Waals surface area contributed by atoms with Crippen molar-refractivity contribution in [1.29, 1.82) is 0 Å². The van der Waals surface area contributed by atoms with Gasteiger partial charge >= 0.3 is 0 Å². The molecule has 0 amide bonds. The summed E-state index contributed by atoms with van der Waals surface area (Å²) in [7, 11) is 1.75. The molecule has 0 aromatic carbocycles. The highest BCUT2D eigenvalue weighted by atomic mass is 16.5. The topological polar surface area (TPSA) is 38.5 Å². The number of hydrogen-bond acceptors (Lipinski definition) is 3. The molecule has 0 spiro atoms. The Bertz CT molecular complexity index is 162. The summed E-state index contributed by atoms with van der Waals surface area (Å²) in [5, 5.41) is 0. The first kappa shape index (κ1) is 16.9. The van der Waals surface area contributed by atoms with E-state index in [-0.39, 0.29) is 6.04 Å². The van der Waals surface area contributed by atoms with Gasteiger partial charge in [0.05, 0.1) is 0 Å². The predicted molar refractivity (Wildman–Crippen MR) is 75.2 cm³/mol. The molecule has 104 valence electrons. The molecule has 0 heterocycles. The summed E-state index contributed by atoms with van der Waals surface area (Å²) in [4.78, 5) is 2.51. The van der Waals surface area contributed by atoms with Crippen LogP contribution in [0.2, 0.25) is 0 Å². The van der Waals surface area contributed by atoms with Crippen molar-refractivity contribution >= 4 is 0 Å². The molecule has 1 atom stereocenters. The van der Waals surface area contributed by atoms with Gasteiger partial charge in [-0.1, -0.05) is 27.7 Å². The maximum Gasteiger partial charge on any atom is 0.0462 e. The van der Waals surface area contributed by atoms with Crippen molar-refractivity contribution in [3.63, 3.8) is 0 Å². The molecule has 0 aromatic rings. The van der Waals surface area contributed by atoms with Crippen LogP contribution in [0.5, 0.6) is 0 Å². The second kappa shape index (κ2) is 9.86. The van der Waals surface area contributed by atoms with E-state index in [0.29, 0.717) is 11.8 Å². The number of nitrogens with zero attached hydrogens (tertiary/aromatic N) is 1. The lowest BCUT2D eigenvalue weighted by atomic mass is 10.1. The van der Waals surface area contributed by atoms with Crippen LogP contribution in [0.3, 0.4) is 0 Å². The van der Waals surface area contributed by atoms with Gasteiger partial charge in [0.15, 0.2) is 0 Å². The molecule has 3 nitrogen and oxygen atoms in total. The van der Waals surface area contributed by atoms with E-state index >= 15 is 0 Å². The van der Waals surface area contributed by atoms with Crippen LogP contribution < -0.4 is 5.73 Å². The zero-order valence-corrected chi connectivity index (χ0v) is 12.4. The lowest BCUT2D eigenvalue weighted by Crippen LogP contribution is -2.41. The van der Waals surface area contributed by atoms with Gasteiger partial charge in [-0.25, -0.2) is 0 Å². The Balaban J connectivity index is 3.94. The minimum atomic E-state index is 0.280. The largest absolute Gasteiger partial charge is 0.385 e. The Morgan fingerprint density at radius 3 is 1.94 bits per heavy atom. The van der Waals surface area contributed by atoms with Gasteiger partial charge < -0.3 is 15.4 Å². The van der Waals surface area contributed by atoms with E-state index < -0.39 is 0 Å². The molecule has 0 radical (unpaired) electrons. The molecule has 0 bridgehead atoms. The number of hydrogen-bond donors (Lipinski definition) is 1. The Kier molecular flexibility index (Phi) is 9.79. The fourth-order valence-electron chi connectivity index (χ4n) is 2.17. The van der Waals surface area contributed by atoms with E-state index in [9.17, 15) is 0 Å². The average molecular weight is 244 g/mol. The molecule has 0 saturated heterocycles. The van der Waals surface area contributed by atoms with Crippen molar-refractivity contribution in [2.75, 3.05) is 33.4 Å². The highest BCUT2D eigenvalue weighted by Gasteiger charge is 2.13. The van der Waals surface area contributed by atoms with Crippen molar-refractivity contribution in [2.45, 2.75) is 46.6 Å². The van der Waals surface area contributed by atoms with Crippen LogP contribution in [-0.2, 0) is 4.74 Å². The first-order valence-electron chi connectivity index (χ1n) is 6.92. The smallest absolute Gasteiger partial charge is 0.0462 e. The molecule has 0 aliphatic carbocycles. The third-order valence-electron chi connectivity index (χ3n) is 2.66. The molecule has 0 saturated carbocycles. The Hall–Kier alpha value is -0.120. The second-order valence-electron chi connectivity index (χ2n) is 5.90. The molecule has 17 heavy (non-hydrogen) atoms. The SMILES string of the molecule is COCCCC(N)CN(CC(C)C)CC(C)C. The van der Waals surface area contributed by atoms with Crippen LogP contribution in [0.4, 0.5) is 0 Å². The van der Waals surface area contributed by atoms with Crippen LogP contribution in [0.15, 0.2) is 0 Å². The zero-order chi connectivity index (χ0) is 13.3. The highest BCUT2D eigenvalue weighted by molar-refractivity contribution is 4.70. The predicted octanol–water partition coefficient (Wildman–Crippen LogP) is 2.35. The summed E-state index contributed by atoms with van der Waals surface area (Å²) in [6.07, 6.45) is 2.12. The molecule has 0 aliphatic heterocycles. The molecule has 0 aliphatic rings. The van der Waals surface area contributed by atoms with Crippen molar-refractivity contribution in [2.24, 2.45) is 17.6 Å². The highest BCUT2D eigenvalue weighted by Crippen LogP contribution is 2.06. The lowest BCUT2D eigenvalue weighted by Gasteiger charge is -2.28. The number of rotatable bonds is 10. The van der Waals surface area contributed by atoms with Gasteiger partial charge in [0.25, 0.3) is 0 Å². The fraction of sp³-hybridized carbons (Fsp3) is 1.00. The summed E-state index contributed by atoms with van der Waals surface area (Å²) < 4.78 is 5.06. The van der Waals surface area contributed by atoms with Crippen molar-refractivity contribution in [1.82, 2.24) is 4.90 Å². The van der Waals surface area contributed by atoms with E-state index in [1.165, 1.54) is 0 Å². The third kappa shape index (κ3) is 10.7. The molecule has 2 N–H and O–H groups in total. The van der Waals surface area contributed by atoms with E-state index in [1.54, 1.807) is 7.11 Å². The van der Waals surface area contributed by atoms with E-state index in [4.69, 9.17) is 10.5 Å². The average Bonchev–Trinajstić information content (AvgIpc) is 2.15. The summed E-state index contributed by atoms with van der Waals surface area (Å²) in [6.45, 7) is 13.2. The monoisotopic (exact) mass is 244 g/mol. The zero-order valence-electron chi connectivity index (χ0n) is 12.4. The minimum Gasteiger partial charge on any atom is -0.385 e. The van der Waals surface area contributed by atoms with Crippen molar-refractivity contribution in [3.8, 4) is 0 Å². The van der Waals surface area contributed by atoms with E-state index in [0.717, 1.165) is 39.1 Å². The maximum absolute atomic E-state index is 6.17. The molecule has 0 aromatic heterocycles. The first-order chi connectivity index (χ1) is 7.95. The van der Waals surface area contributed by atoms with Crippen LogP contribution in [0, 0.1) is 11.8 Å². The summed E-state index contributed by atoms with van der Waals surface area (Å²) >= 11 is 0. The van der Waals surface area contributed by atoms with Crippen molar-refractivity contribution < 1.29 is 4.74 Å². The van der Waals surface area contributed by atoms with Crippen LogP contribution >= 0.6 is 0 Å². The molecule has 1 unspecified atom stereocenters. The summed E-state index contributed by atoms with van der Waals surface area (Å²) in [5.74, 6) is 1.42. The molecular weight excluding hydrogens is 212 g/mol. The molecular formula is C14H32N2O. The molecule has 0 fully saturated rings. The van der Waals surface area contributed by atoms with Gasteiger partial charge in [-0.3, -0.25) is 0 Å². The van der Waals surface area contributed by atoms with Crippen molar-refractivity contribution in [3.05, 3.63) is 0 Å². The van der Waals surface area contributed by atoms with Crippen LogP contribution in [0.1, 0.15) is 40.5 Å². The second-order valence-corrected chi connectivity index (χ2v) is 5.90. The molecule has 3 heteroatoms. The van der Waals surface area contributed by atoms with Gasteiger partial charge in [0, 0.05) is 39.4 Å². The summed E-state index contributed by atoms with van der Waals surface area (Å²) in [6, 6.07) is 0.280. The lowest BCUT2D eigenvalue weighted by molar-refractivity contribution is 0.177. The first-order valence-corrected chi connectivity index (χ1v) is 6.92. The van der Waals surface area contributed by atoms with E-state index in [2.05, 4.69) is 32.6 Å². The molecule has 0 rings (SSSR count). The van der Waals surface area contributed by atoms with Gasteiger partial charge in [-0.15, -0.1) is 0 Å². The van der Waals surface area contributed by atoms with Gasteiger partial charge in [0.1, 0.15) is 0 Å².